The summed E-state index contributed by atoms with van der Waals surface area (Å²) in [4.78, 5) is 11.4. The number of ether oxygens (including phenoxy) is 2. The molecule has 0 amide bonds. The summed E-state index contributed by atoms with van der Waals surface area (Å²) in [6.07, 6.45) is 4.30. The van der Waals surface area contributed by atoms with Gasteiger partial charge in [0.05, 0.1) is 12.0 Å². The molecular weight excluding hydrogens is 424 g/mol. The Bertz CT molecular complexity index is 1250. The first-order chi connectivity index (χ1) is 16.3. The van der Waals surface area contributed by atoms with Gasteiger partial charge in [0.2, 0.25) is 5.69 Å². The first-order valence-electron chi connectivity index (χ1n) is 11.5. The van der Waals surface area contributed by atoms with Crippen molar-refractivity contribution in [2.24, 2.45) is 0 Å². The van der Waals surface area contributed by atoms with Crippen LogP contribution in [0.1, 0.15) is 38.8 Å². The Kier molecular flexibility index (Phi) is 6.55. The zero-order valence-corrected chi connectivity index (χ0v) is 20.4. The van der Waals surface area contributed by atoms with E-state index < -0.39 is 0 Å². The third kappa shape index (κ3) is 4.88. The van der Waals surface area contributed by atoms with Crippen LogP contribution >= 0.6 is 0 Å². The van der Waals surface area contributed by atoms with Crippen molar-refractivity contribution in [2.75, 3.05) is 19.0 Å². The average Bonchev–Trinajstić information content (AvgIpc) is 2.99. The topological polar surface area (TPSA) is 50.6 Å². The maximum absolute atomic E-state index is 11.4. The number of esters is 1. The van der Waals surface area contributed by atoms with Gasteiger partial charge in [0, 0.05) is 36.0 Å². The fourth-order valence-corrected chi connectivity index (χ4v) is 4.37. The number of nitrogens with zero attached hydrogens (tertiary/aromatic N) is 1. The second-order valence-electron chi connectivity index (χ2n) is 8.88. The number of benzene rings is 3. The standard InChI is InChI=1S/C29H30N2O3/c1-6-33-24-14-12-23(13-15-24)30-22-10-7-21(8-11-22)9-18-28-29(3,4)26-19-25(34-20(2)32)16-17-27(26)31(28)5/h7-19H,6H2,1-5H3/p+1. The predicted octanol–water partition coefficient (Wildman–Crippen LogP) is 6.47. The lowest BCUT2D eigenvalue weighted by Crippen LogP contribution is -2.26. The van der Waals surface area contributed by atoms with Gasteiger partial charge in [-0.25, -0.2) is 0 Å². The van der Waals surface area contributed by atoms with Crippen LogP contribution in [0.5, 0.6) is 11.5 Å². The lowest BCUT2D eigenvalue weighted by atomic mass is 9.81. The molecule has 3 aromatic carbocycles. The van der Waals surface area contributed by atoms with E-state index in [0.717, 1.165) is 33.9 Å². The largest absolute Gasteiger partial charge is 0.494 e. The van der Waals surface area contributed by atoms with E-state index in [1.54, 1.807) is 0 Å². The summed E-state index contributed by atoms with van der Waals surface area (Å²) in [5.41, 5.74) is 6.38. The first kappa shape index (κ1) is 23.3. The van der Waals surface area contributed by atoms with Gasteiger partial charge in [-0.3, -0.25) is 4.79 Å². The highest BCUT2D eigenvalue weighted by Gasteiger charge is 2.43. The molecule has 0 aliphatic carbocycles. The zero-order valence-electron chi connectivity index (χ0n) is 20.4. The number of anilines is 2. The van der Waals surface area contributed by atoms with Crippen molar-refractivity contribution in [3.05, 3.63) is 83.9 Å². The molecule has 0 radical (unpaired) electrons. The van der Waals surface area contributed by atoms with Crippen LogP contribution in [-0.4, -0.2) is 29.9 Å². The van der Waals surface area contributed by atoms with E-state index in [1.165, 1.54) is 12.6 Å². The van der Waals surface area contributed by atoms with Crippen LogP contribution in [0.15, 0.2) is 72.8 Å². The number of allylic oxidation sites excluding steroid dienone is 1. The summed E-state index contributed by atoms with van der Waals surface area (Å²) in [5, 5.41) is 3.42. The van der Waals surface area contributed by atoms with E-state index in [2.05, 4.69) is 67.2 Å². The van der Waals surface area contributed by atoms with Gasteiger partial charge < -0.3 is 14.8 Å². The molecule has 1 aliphatic rings. The van der Waals surface area contributed by atoms with Crippen LogP contribution in [0.4, 0.5) is 17.1 Å². The van der Waals surface area contributed by atoms with E-state index in [1.807, 2.05) is 49.4 Å². The molecule has 0 spiro atoms. The smallest absolute Gasteiger partial charge is 0.308 e. The van der Waals surface area contributed by atoms with E-state index in [9.17, 15) is 4.79 Å². The summed E-state index contributed by atoms with van der Waals surface area (Å²) >= 11 is 0. The second-order valence-corrected chi connectivity index (χ2v) is 8.88. The molecule has 1 aliphatic heterocycles. The summed E-state index contributed by atoms with van der Waals surface area (Å²) in [5.74, 6) is 1.14. The van der Waals surface area contributed by atoms with Gasteiger partial charge >= 0.3 is 5.97 Å². The SMILES string of the molecule is CCOc1ccc(Nc2ccc(C=CC3=[N+](C)c4ccc(OC(C)=O)cc4C3(C)C)cc2)cc1. The van der Waals surface area contributed by atoms with E-state index >= 15 is 0 Å². The third-order valence-corrected chi connectivity index (χ3v) is 6.06. The molecule has 1 N–H and O–H groups in total. The maximum atomic E-state index is 11.4. The molecule has 5 heteroatoms. The molecule has 1 heterocycles. The van der Waals surface area contributed by atoms with Crippen molar-refractivity contribution in [3.8, 4) is 11.5 Å². The molecule has 34 heavy (non-hydrogen) atoms. The lowest BCUT2D eigenvalue weighted by Gasteiger charge is -2.16. The minimum Gasteiger partial charge on any atom is -0.494 e. The highest BCUT2D eigenvalue weighted by atomic mass is 16.5. The zero-order chi connectivity index (χ0) is 24.3. The predicted molar refractivity (Wildman–Crippen MR) is 138 cm³/mol. The molecule has 0 bridgehead atoms. The number of rotatable bonds is 7. The Morgan fingerprint density at radius 1 is 0.941 bits per heavy atom. The van der Waals surface area contributed by atoms with Crippen LogP contribution in [0.2, 0.25) is 0 Å². The minimum absolute atomic E-state index is 0.216. The van der Waals surface area contributed by atoms with Crippen molar-refractivity contribution < 1.29 is 18.8 Å². The van der Waals surface area contributed by atoms with Gasteiger partial charge in [-0.15, -0.1) is 0 Å². The Morgan fingerprint density at radius 3 is 2.18 bits per heavy atom. The van der Waals surface area contributed by atoms with Gasteiger partial charge in [-0.2, -0.15) is 4.58 Å². The van der Waals surface area contributed by atoms with E-state index in [-0.39, 0.29) is 11.4 Å². The quantitative estimate of drug-likeness (QED) is 0.252. The lowest BCUT2D eigenvalue weighted by molar-refractivity contribution is -0.401. The first-order valence-corrected chi connectivity index (χ1v) is 11.5. The van der Waals surface area contributed by atoms with Crippen LogP contribution in [0, 0.1) is 0 Å². The van der Waals surface area contributed by atoms with Gasteiger partial charge in [0.25, 0.3) is 0 Å². The van der Waals surface area contributed by atoms with E-state index in [4.69, 9.17) is 9.47 Å². The van der Waals surface area contributed by atoms with Gasteiger partial charge in [0.15, 0.2) is 5.71 Å². The Balaban J connectivity index is 1.48. The van der Waals surface area contributed by atoms with Crippen LogP contribution in [-0.2, 0) is 10.2 Å². The minimum atomic E-state index is -0.311. The van der Waals surface area contributed by atoms with E-state index in [0.29, 0.717) is 12.4 Å². The van der Waals surface area contributed by atoms with Crippen molar-refractivity contribution in [3.63, 3.8) is 0 Å². The fourth-order valence-electron chi connectivity index (χ4n) is 4.37. The molecular formula is C29H31N2O3+. The third-order valence-electron chi connectivity index (χ3n) is 6.06. The molecule has 5 nitrogen and oxygen atoms in total. The number of carbonyl (C=O) groups excluding carboxylic acids is 1. The van der Waals surface area contributed by atoms with Gasteiger partial charge in [-0.1, -0.05) is 12.1 Å². The number of carbonyl (C=O) groups is 1. The number of fused-ring (bicyclic) bond motifs is 1. The summed E-state index contributed by atoms with van der Waals surface area (Å²) < 4.78 is 13.0. The summed E-state index contributed by atoms with van der Waals surface area (Å²) in [7, 11) is 2.07. The van der Waals surface area contributed by atoms with Crippen molar-refractivity contribution in [1.82, 2.24) is 0 Å². The molecule has 4 rings (SSSR count). The normalized spacial score (nSPS) is 14.3. The Morgan fingerprint density at radius 2 is 1.56 bits per heavy atom. The van der Waals surface area contributed by atoms with Crippen molar-refractivity contribution >= 4 is 34.8 Å². The average molecular weight is 456 g/mol. The Labute approximate surface area is 201 Å². The molecule has 3 aromatic rings. The molecule has 174 valence electrons. The number of hydrogen-bond donors (Lipinski definition) is 1. The molecule has 0 aromatic heterocycles. The maximum Gasteiger partial charge on any atom is 0.308 e. The fraction of sp³-hybridized carbons (Fsp3) is 0.241. The molecule has 0 saturated heterocycles. The van der Waals surface area contributed by atoms with Gasteiger partial charge in [0.1, 0.15) is 18.5 Å². The highest BCUT2D eigenvalue weighted by molar-refractivity contribution is 6.05. The summed E-state index contributed by atoms with van der Waals surface area (Å²) in [6.45, 7) is 8.44. The highest BCUT2D eigenvalue weighted by Crippen LogP contribution is 2.41. The van der Waals surface area contributed by atoms with Crippen LogP contribution in [0.25, 0.3) is 6.08 Å². The van der Waals surface area contributed by atoms with Gasteiger partial charge in [-0.05, 0) is 80.9 Å². The molecule has 0 fully saturated rings. The van der Waals surface area contributed by atoms with Crippen LogP contribution < -0.4 is 14.8 Å². The number of hydrogen-bond acceptors (Lipinski definition) is 4. The van der Waals surface area contributed by atoms with Crippen LogP contribution in [0.3, 0.4) is 0 Å². The number of nitrogens with one attached hydrogen (secondary N) is 1. The monoisotopic (exact) mass is 455 g/mol. The summed E-state index contributed by atoms with van der Waals surface area (Å²) in [6, 6.07) is 22.1. The molecule has 0 atom stereocenters. The molecule has 0 unspecified atom stereocenters. The second kappa shape index (κ2) is 9.56. The van der Waals surface area contributed by atoms with Crippen molar-refractivity contribution in [2.45, 2.75) is 33.1 Å². The molecule has 0 saturated carbocycles. The Hall–Kier alpha value is -3.86. The van der Waals surface area contributed by atoms with Crippen molar-refractivity contribution in [1.29, 1.82) is 0 Å².